The molecule has 2 aromatic carbocycles. The molecular weight excluding hydrogens is 381 g/mol. The maximum atomic E-state index is 13.5. The smallest absolute Gasteiger partial charge is 0.234 e. The van der Waals surface area contributed by atoms with E-state index in [1.165, 1.54) is 23.1 Å². The fraction of sp³-hybridized carbons (Fsp3) is 0.111. The molecule has 0 aliphatic carbocycles. The van der Waals surface area contributed by atoms with Crippen LogP contribution in [0.5, 0.6) is 0 Å². The van der Waals surface area contributed by atoms with Crippen molar-refractivity contribution in [3.05, 3.63) is 71.0 Å². The highest BCUT2D eigenvalue weighted by atomic mass is 32.2. The average molecular weight is 394 g/mol. The third kappa shape index (κ3) is 4.44. The van der Waals surface area contributed by atoms with Gasteiger partial charge in [0.25, 0.3) is 0 Å². The molecule has 1 amide bonds. The van der Waals surface area contributed by atoms with Crippen LogP contribution in [0.15, 0.2) is 47.8 Å². The molecule has 0 radical (unpaired) electrons. The summed E-state index contributed by atoms with van der Waals surface area (Å²) in [5.41, 5.74) is 1.49. The first-order chi connectivity index (χ1) is 12.5. The number of rotatable bonds is 6. The van der Waals surface area contributed by atoms with Gasteiger partial charge in [0.15, 0.2) is 17.5 Å². The van der Waals surface area contributed by atoms with Crippen molar-refractivity contribution in [2.75, 3.05) is 11.1 Å². The summed E-state index contributed by atoms with van der Waals surface area (Å²) in [5.74, 6) is -4.26. The standard InChI is InChI=1S/C18H13F3N2OS2/c19-13-6-7-14(17(21)16(13)20)23-15(24)10-25-8-12-9-26-18(22-12)11-4-2-1-3-5-11/h1-7,9H,8,10H2,(H,23,24). The Balaban J connectivity index is 1.52. The molecule has 0 saturated heterocycles. The predicted octanol–water partition coefficient (Wildman–Crippen LogP) is 5.10. The van der Waals surface area contributed by atoms with E-state index in [0.717, 1.165) is 28.4 Å². The van der Waals surface area contributed by atoms with Gasteiger partial charge in [-0.2, -0.15) is 0 Å². The summed E-state index contributed by atoms with van der Waals surface area (Å²) < 4.78 is 39.5. The lowest BCUT2D eigenvalue weighted by atomic mass is 10.2. The number of thiazole rings is 1. The Hall–Kier alpha value is -2.32. The third-order valence-electron chi connectivity index (χ3n) is 3.36. The molecule has 8 heteroatoms. The molecule has 3 aromatic rings. The van der Waals surface area contributed by atoms with Crippen molar-refractivity contribution in [2.24, 2.45) is 0 Å². The summed E-state index contributed by atoms with van der Waals surface area (Å²) in [7, 11) is 0. The number of hydrogen-bond donors (Lipinski definition) is 1. The summed E-state index contributed by atoms with van der Waals surface area (Å²) in [6.07, 6.45) is 0. The van der Waals surface area contributed by atoms with Crippen LogP contribution in [0.3, 0.4) is 0 Å². The van der Waals surface area contributed by atoms with E-state index in [9.17, 15) is 18.0 Å². The van der Waals surface area contributed by atoms with Crippen LogP contribution in [0, 0.1) is 17.5 Å². The third-order valence-corrected chi connectivity index (χ3v) is 5.27. The van der Waals surface area contributed by atoms with Crippen molar-refractivity contribution in [2.45, 2.75) is 5.75 Å². The zero-order valence-corrected chi connectivity index (χ0v) is 15.0. The second kappa shape index (κ2) is 8.37. The number of hydrogen-bond acceptors (Lipinski definition) is 4. The Morgan fingerprint density at radius 2 is 1.85 bits per heavy atom. The van der Waals surface area contributed by atoms with E-state index in [1.807, 2.05) is 35.7 Å². The van der Waals surface area contributed by atoms with Gasteiger partial charge in [0.05, 0.1) is 17.1 Å². The fourth-order valence-electron chi connectivity index (χ4n) is 2.14. The molecule has 3 rings (SSSR count). The number of aromatic nitrogens is 1. The van der Waals surface area contributed by atoms with Gasteiger partial charge >= 0.3 is 0 Å². The van der Waals surface area contributed by atoms with Crippen molar-refractivity contribution >= 4 is 34.7 Å². The van der Waals surface area contributed by atoms with Gasteiger partial charge in [-0.05, 0) is 12.1 Å². The molecule has 0 aliphatic heterocycles. The SMILES string of the molecule is O=C(CSCc1csc(-c2ccccc2)n1)Nc1ccc(F)c(F)c1F. The Morgan fingerprint density at radius 3 is 2.62 bits per heavy atom. The monoisotopic (exact) mass is 394 g/mol. The molecule has 26 heavy (non-hydrogen) atoms. The minimum absolute atomic E-state index is 0.0383. The van der Waals surface area contributed by atoms with Crippen LogP contribution < -0.4 is 5.32 Å². The first kappa shape index (κ1) is 18.5. The number of nitrogens with one attached hydrogen (secondary N) is 1. The first-order valence-corrected chi connectivity index (χ1v) is 9.59. The largest absolute Gasteiger partial charge is 0.323 e. The molecule has 1 N–H and O–H groups in total. The number of nitrogens with zero attached hydrogens (tertiary/aromatic N) is 1. The second-order valence-electron chi connectivity index (χ2n) is 5.27. The van der Waals surface area contributed by atoms with Crippen LogP contribution in [-0.4, -0.2) is 16.6 Å². The van der Waals surface area contributed by atoms with Crippen LogP contribution in [-0.2, 0) is 10.5 Å². The van der Waals surface area contributed by atoms with E-state index in [-0.39, 0.29) is 11.4 Å². The summed E-state index contributed by atoms with van der Waals surface area (Å²) in [5, 5.41) is 5.05. The number of thioether (sulfide) groups is 1. The summed E-state index contributed by atoms with van der Waals surface area (Å²) >= 11 is 2.81. The molecule has 3 nitrogen and oxygen atoms in total. The lowest BCUT2D eigenvalue weighted by Crippen LogP contribution is -2.16. The van der Waals surface area contributed by atoms with E-state index in [0.29, 0.717) is 5.75 Å². The van der Waals surface area contributed by atoms with E-state index in [1.54, 1.807) is 0 Å². The number of carbonyl (C=O) groups is 1. The van der Waals surface area contributed by atoms with Crippen LogP contribution >= 0.6 is 23.1 Å². The minimum Gasteiger partial charge on any atom is -0.323 e. The lowest BCUT2D eigenvalue weighted by molar-refractivity contribution is -0.113. The maximum Gasteiger partial charge on any atom is 0.234 e. The van der Waals surface area contributed by atoms with E-state index in [2.05, 4.69) is 10.3 Å². The van der Waals surface area contributed by atoms with Gasteiger partial charge in [-0.1, -0.05) is 30.3 Å². The second-order valence-corrected chi connectivity index (χ2v) is 7.12. The van der Waals surface area contributed by atoms with Crippen LogP contribution in [0.4, 0.5) is 18.9 Å². The van der Waals surface area contributed by atoms with Gasteiger partial charge in [0, 0.05) is 16.7 Å². The summed E-state index contributed by atoms with van der Waals surface area (Å²) in [4.78, 5) is 16.4. The number of halogens is 3. The fourth-order valence-corrected chi connectivity index (χ4v) is 3.79. The molecule has 134 valence electrons. The minimum atomic E-state index is -1.61. The Bertz CT molecular complexity index is 916. The number of anilines is 1. The topological polar surface area (TPSA) is 42.0 Å². The van der Waals surface area contributed by atoms with Gasteiger partial charge in [-0.3, -0.25) is 4.79 Å². The van der Waals surface area contributed by atoms with Crippen molar-refractivity contribution in [1.82, 2.24) is 4.98 Å². The lowest BCUT2D eigenvalue weighted by Gasteiger charge is -2.07. The van der Waals surface area contributed by atoms with Gasteiger partial charge in [0.1, 0.15) is 5.01 Å². The van der Waals surface area contributed by atoms with Crippen molar-refractivity contribution in [3.8, 4) is 10.6 Å². The van der Waals surface area contributed by atoms with Gasteiger partial charge in [-0.25, -0.2) is 18.2 Å². The first-order valence-electron chi connectivity index (χ1n) is 7.55. The predicted molar refractivity (Wildman–Crippen MR) is 98.7 cm³/mol. The highest BCUT2D eigenvalue weighted by Crippen LogP contribution is 2.25. The summed E-state index contributed by atoms with van der Waals surface area (Å²) in [6, 6.07) is 11.5. The molecular formula is C18H13F3N2OS2. The van der Waals surface area contributed by atoms with E-state index < -0.39 is 23.4 Å². The molecule has 0 aliphatic rings. The van der Waals surface area contributed by atoms with Crippen molar-refractivity contribution in [3.63, 3.8) is 0 Å². The number of benzene rings is 2. The molecule has 0 bridgehead atoms. The average Bonchev–Trinajstić information content (AvgIpc) is 3.12. The zero-order valence-electron chi connectivity index (χ0n) is 13.3. The van der Waals surface area contributed by atoms with Crippen molar-refractivity contribution in [1.29, 1.82) is 0 Å². The Morgan fingerprint density at radius 1 is 1.08 bits per heavy atom. The Kier molecular flexibility index (Phi) is 5.95. The maximum absolute atomic E-state index is 13.5. The van der Waals surface area contributed by atoms with Crippen LogP contribution in [0.2, 0.25) is 0 Å². The molecule has 0 spiro atoms. The van der Waals surface area contributed by atoms with E-state index >= 15 is 0 Å². The zero-order chi connectivity index (χ0) is 18.5. The molecule has 0 saturated carbocycles. The normalized spacial score (nSPS) is 10.7. The Labute approximate surface area is 156 Å². The molecule has 0 fully saturated rings. The molecule has 0 unspecified atom stereocenters. The number of carbonyl (C=O) groups excluding carboxylic acids is 1. The van der Waals surface area contributed by atoms with Crippen LogP contribution in [0.25, 0.3) is 10.6 Å². The van der Waals surface area contributed by atoms with Gasteiger partial charge in [-0.15, -0.1) is 23.1 Å². The number of amides is 1. The van der Waals surface area contributed by atoms with Crippen LogP contribution in [0.1, 0.15) is 5.69 Å². The van der Waals surface area contributed by atoms with Crippen molar-refractivity contribution < 1.29 is 18.0 Å². The summed E-state index contributed by atoms with van der Waals surface area (Å²) in [6.45, 7) is 0. The van der Waals surface area contributed by atoms with Gasteiger partial charge < -0.3 is 5.32 Å². The highest BCUT2D eigenvalue weighted by molar-refractivity contribution is 7.99. The van der Waals surface area contributed by atoms with E-state index in [4.69, 9.17) is 0 Å². The quantitative estimate of drug-likeness (QED) is 0.592. The molecule has 1 aromatic heterocycles. The van der Waals surface area contributed by atoms with Gasteiger partial charge in [0.2, 0.25) is 5.91 Å². The highest BCUT2D eigenvalue weighted by Gasteiger charge is 2.15. The molecule has 1 heterocycles. The molecule has 0 atom stereocenters.